The first-order valence-corrected chi connectivity index (χ1v) is 5.73. The van der Waals surface area contributed by atoms with Crippen LogP contribution in [-0.4, -0.2) is 9.97 Å². The molecule has 0 fully saturated rings. The van der Waals surface area contributed by atoms with Crippen LogP contribution >= 0.6 is 11.3 Å². The van der Waals surface area contributed by atoms with Crippen molar-refractivity contribution in [2.75, 3.05) is 5.73 Å². The van der Waals surface area contributed by atoms with Gasteiger partial charge in [-0.3, -0.25) is 0 Å². The topological polar surface area (TPSA) is 64.9 Å². The maximum Gasteiger partial charge on any atom is 0.201 e. The van der Waals surface area contributed by atoms with E-state index in [0.29, 0.717) is 17.4 Å². The number of nitrogens with zero attached hydrogens (tertiary/aromatic N) is 2. The number of benzene rings is 1. The van der Waals surface area contributed by atoms with Crippen LogP contribution in [0.15, 0.2) is 34.1 Å². The summed E-state index contributed by atoms with van der Waals surface area (Å²) in [5, 5.41) is 2.50. The first-order valence-electron chi connectivity index (χ1n) is 4.85. The number of fused-ring (bicyclic) bond motifs is 1. The normalized spacial score (nSPS) is 11.0. The van der Waals surface area contributed by atoms with Crippen LogP contribution in [0.4, 0.5) is 5.13 Å². The van der Waals surface area contributed by atoms with E-state index in [0.717, 1.165) is 16.8 Å². The van der Waals surface area contributed by atoms with E-state index in [1.165, 1.54) is 11.3 Å². The lowest BCUT2D eigenvalue weighted by atomic mass is 10.3. The summed E-state index contributed by atoms with van der Waals surface area (Å²) in [6.45, 7) is 0. The summed E-state index contributed by atoms with van der Waals surface area (Å²) in [4.78, 5) is 8.55. The molecule has 5 heteroatoms. The van der Waals surface area contributed by atoms with E-state index in [9.17, 15) is 0 Å². The second kappa shape index (κ2) is 3.61. The smallest absolute Gasteiger partial charge is 0.201 e. The molecule has 0 atom stereocenters. The van der Waals surface area contributed by atoms with Crippen molar-refractivity contribution in [2.45, 2.75) is 6.42 Å². The Bertz CT molecular complexity index is 596. The maximum absolute atomic E-state index is 5.59. The fraction of sp³-hybridized carbons (Fsp3) is 0.0909. The molecule has 0 saturated heterocycles. The van der Waals surface area contributed by atoms with Crippen LogP contribution in [0.25, 0.3) is 11.1 Å². The Hall–Kier alpha value is -1.88. The largest absolute Gasteiger partial charge is 0.440 e. The molecule has 2 aromatic heterocycles. The minimum Gasteiger partial charge on any atom is -0.440 e. The van der Waals surface area contributed by atoms with E-state index in [4.69, 9.17) is 10.2 Å². The number of aromatic nitrogens is 2. The molecule has 16 heavy (non-hydrogen) atoms. The quantitative estimate of drug-likeness (QED) is 0.735. The number of nitrogens with two attached hydrogens (primary N) is 1. The summed E-state index contributed by atoms with van der Waals surface area (Å²) >= 11 is 1.43. The number of anilines is 1. The van der Waals surface area contributed by atoms with Crippen LogP contribution in [0, 0.1) is 0 Å². The van der Waals surface area contributed by atoms with Gasteiger partial charge in [0.25, 0.3) is 0 Å². The zero-order chi connectivity index (χ0) is 11.0. The Kier molecular flexibility index (Phi) is 2.11. The molecule has 0 amide bonds. The number of nitrogen functional groups attached to an aromatic ring is 1. The van der Waals surface area contributed by atoms with Crippen molar-refractivity contribution in [1.29, 1.82) is 0 Å². The van der Waals surface area contributed by atoms with Crippen molar-refractivity contribution in [1.82, 2.24) is 9.97 Å². The van der Waals surface area contributed by atoms with Gasteiger partial charge < -0.3 is 10.2 Å². The van der Waals surface area contributed by atoms with Gasteiger partial charge in [-0.15, -0.1) is 11.3 Å². The summed E-state index contributed by atoms with van der Waals surface area (Å²) in [6.07, 6.45) is 0.586. The van der Waals surface area contributed by atoms with Gasteiger partial charge in [0.1, 0.15) is 5.52 Å². The van der Waals surface area contributed by atoms with Gasteiger partial charge in [0.05, 0.1) is 12.1 Å². The first-order chi connectivity index (χ1) is 7.81. The second-order valence-electron chi connectivity index (χ2n) is 3.43. The molecule has 0 unspecified atom stereocenters. The van der Waals surface area contributed by atoms with E-state index in [1.807, 2.05) is 29.6 Å². The molecular weight excluding hydrogens is 222 g/mol. The average Bonchev–Trinajstić information content (AvgIpc) is 2.84. The predicted octanol–water partition coefficient (Wildman–Crippen LogP) is 2.46. The van der Waals surface area contributed by atoms with Gasteiger partial charge >= 0.3 is 0 Å². The average molecular weight is 231 g/mol. The highest BCUT2D eigenvalue weighted by Gasteiger charge is 2.07. The number of hydrogen-bond donors (Lipinski definition) is 1. The second-order valence-corrected chi connectivity index (χ2v) is 4.32. The molecule has 0 aliphatic heterocycles. The van der Waals surface area contributed by atoms with Crippen molar-refractivity contribution in [3.8, 4) is 0 Å². The Balaban J connectivity index is 1.95. The first kappa shape index (κ1) is 9.35. The van der Waals surface area contributed by atoms with Crippen molar-refractivity contribution >= 4 is 27.6 Å². The molecule has 0 aliphatic rings. The molecule has 3 aromatic rings. The fourth-order valence-electron chi connectivity index (χ4n) is 1.55. The van der Waals surface area contributed by atoms with Gasteiger partial charge in [-0.1, -0.05) is 12.1 Å². The maximum atomic E-state index is 5.59. The monoisotopic (exact) mass is 231 g/mol. The van der Waals surface area contributed by atoms with Crippen molar-refractivity contribution in [3.63, 3.8) is 0 Å². The molecule has 2 N–H and O–H groups in total. The van der Waals surface area contributed by atoms with E-state index >= 15 is 0 Å². The Morgan fingerprint density at radius 3 is 2.88 bits per heavy atom. The lowest BCUT2D eigenvalue weighted by Crippen LogP contribution is -1.89. The van der Waals surface area contributed by atoms with Gasteiger partial charge in [-0.2, -0.15) is 0 Å². The zero-order valence-electron chi connectivity index (χ0n) is 8.38. The number of rotatable bonds is 2. The summed E-state index contributed by atoms with van der Waals surface area (Å²) < 4.78 is 5.59. The highest BCUT2D eigenvalue weighted by Crippen LogP contribution is 2.19. The van der Waals surface area contributed by atoms with Crippen LogP contribution < -0.4 is 5.73 Å². The van der Waals surface area contributed by atoms with E-state index < -0.39 is 0 Å². The van der Waals surface area contributed by atoms with E-state index in [-0.39, 0.29) is 0 Å². The van der Waals surface area contributed by atoms with E-state index in [2.05, 4.69) is 9.97 Å². The summed E-state index contributed by atoms with van der Waals surface area (Å²) in [5.41, 5.74) is 8.14. The molecule has 4 nitrogen and oxygen atoms in total. The minimum absolute atomic E-state index is 0.575. The highest BCUT2D eigenvalue weighted by atomic mass is 32.1. The third-order valence-electron chi connectivity index (χ3n) is 2.24. The van der Waals surface area contributed by atoms with Gasteiger partial charge in [-0.05, 0) is 12.1 Å². The Morgan fingerprint density at radius 1 is 1.25 bits per heavy atom. The van der Waals surface area contributed by atoms with Crippen molar-refractivity contribution in [3.05, 3.63) is 41.2 Å². The molecule has 80 valence electrons. The molecular formula is C11H9N3OS. The third kappa shape index (κ3) is 1.65. The van der Waals surface area contributed by atoms with Gasteiger partial charge in [0.2, 0.25) is 5.89 Å². The summed E-state index contributed by atoms with van der Waals surface area (Å²) in [6, 6.07) is 7.70. The van der Waals surface area contributed by atoms with E-state index in [1.54, 1.807) is 0 Å². The molecule has 0 bridgehead atoms. The van der Waals surface area contributed by atoms with Crippen LogP contribution in [-0.2, 0) is 6.42 Å². The third-order valence-corrected chi connectivity index (χ3v) is 2.96. The number of para-hydroxylation sites is 2. The van der Waals surface area contributed by atoms with Crippen LogP contribution in [0.1, 0.15) is 11.6 Å². The molecule has 0 aliphatic carbocycles. The number of thiazole rings is 1. The van der Waals surface area contributed by atoms with Gasteiger partial charge in [0, 0.05) is 5.38 Å². The van der Waals surface area contributed by atoms with Crippen LogP contribution in [0.2, 0.25) is 0 Å². The van der Waals surface area contributed by atoms with Crippen molar-refractivity contribution < 1.29 is 4.42 Å². The molecule has 0 radical (unpaired) electrons. The molecule has 2 heterocycles. The number of hydrogen-bond acceptors (Lipinski definition) is 5. The lowest BCUT2D eigenvalue weighted by Gasteiger charge is -1.88. The predicted molar refractivity (Wildman–Crippen MR) is 63.3 cm³/mol. The molecule has 3 rings (SSSR count). The van der Waals surface area contributed by atoms with Crippen LogP contribution in [0.5, 0.6) is 0 Å². The standard InChI is InChI=1S/C11H9N3OS/c12-11-13-7(6-16-11)5-10-14-8-3-1-2-4-9(8)15-10/h1-4,6H,5H2,(H2,12,13). The summed E-state index contributed by atoms with van der Waals surface area (Å²) in [7, 11) is 0. The lowest BCUT2D eigenvalue weighted by molar-refractivity contribution is 0.542. The van der Waals surface area contributed by atoms with Gasteiger partial charge in [-0.25, -0.2) is 9.97 Å². The Morgan fingerprint density at radius 2 is 2.12 bits per heavy atom. The highest BCUT2D eigenvalue weighted by molar-refractivity contribution is 7.13. The van der Waals surface area contributed by atoms with Crippen molar-refractivity contribution in [2.24, 2.45) is 0 Å². The number of oxazole rings is 1. The summed E-state index contributed by atoms with van der Waals surface area (Å²) in [5.74, 6) is 0.673. The molecule has 0 spiro atoms. The van der Waals surface area contributed by atoms with Crippen LogP contribution in [0.3, 0.4) is 0 Å². The SMILES string of the molecule is Nc1nc(Cc2nc3ccccc3o2)cs1. The van der Waals surface area contributed by atoms with Gasteiger partial charge in [0.15, 0.2) is 10.7 Å². The molecule has 0 saturated carbocycles. The zero-order valence-corrected chi connectivity index (χ0v) is 9.20. The Labute approximate surface area is 95.7 Å². The minimum atomic E-state index is 0.575. The molecule has 1 aromatic carbocycles. The fourth-order valence-corrected chi connectivity index (χ4v) is 2.12.